The lowest BCUT2D eigenvalue weighted by Crippen LogP contribution is -2.36. The highest BCUT2D eigenvalue weighted by Crippen LogP contribution is 2.24. The van der Waals surface area contributed by atoms with Crippen molar-refractivity contribution in [2.24, 2.45) is 0 Å². The third kappa shape index (κ3) is 3.02. The number of benzene rings is 1. The first-order valence-electron chi connectivity index (χ1n) is 8.67. The van der Waals surface area contributed by atoms with Crippen LogP contribution in [0.25, 0.3) is 16.8 Å². The van der Waals surface area contributed by atoms with E-state index in [1.165, 1.54) is 6.42 Å². The van der Waals surface area contributed by atoms with Crippen LogP contribution in [0.5, 0.6) is 0 Å². The minimum atomic E-state index is 0.0814. The van der Waals surface area contributed by atoms with Gasteiger partial charge in [0, 0.05) is 24.3 Å². The number of piperidine rings is 1. The first-order valence-corrected chi connectivity index (χ1v) is 9.05. The predicted octanol–water partition coefficient (Wildman–Crippen LogP) is 4.59. The third-order valence-electron chi connectivity index (χ3n) is 4.82. The molecule has 0 N–H and O–H groups in total. The molecule has 1 fully saturated rings. The molecule has 0 unspecified atom stereocenters. The van der Waals surface area contributed by atoms with Crippen LogP contribution in [-0.4, -0.2) is 33.3 Å². The van der Waals surface area contributed by atoms with Crippen LogP contribution in [0.2, 0.25) is 5.02 Å². The Kier molecular flexibility index (Phi) is 4.22. The summed E-state index contributed by atoms with van der Waals surface area (Å²) in [5.74, 6) is 0.0814. The van der Waals surface area contributed by atoms with Gasteiger partial charge in [0.1, 0.15) is 11.3 Å². The van der Waals surface area contributed by atoms with Gasteiger partial charge in [-0.15, -0.1) is 0 Å². The number of aromatic nitrogens is 2. The minimum Gasteiger partial charge on any atom is -0.337 e. The summed E-state index contributed by atoms with van der Waals surface area (Å²) in [4.78, 5) is 19.6. The van der Waals surface area contributed by atoms with E-state index in [1.54, 1.807) is 0 Å². The topological polar surface area (TPSA) is 37.6 Å². The van der Waals surface area contributed by atoms with Gasteiger partial charge in [-0.3, -0.25) is 9.20 Å². The molecule has 0 atom stereocenters. The van der Waals surface area contributed by atoms with E-state index in [4.69, 9.17) is 11.6 Å². The maximum atomic E-state index is 13.0. The monoisotopic (exact) mass is 353 g/mol. The number of rotatable bonds is 2. The number of likely N-dealkylation sites (tertiary alicyclic amines) is 1. The molecule has 5 heteroatoms. The molecule has 4 rings (SSSR count). The second kappa shape index (κ2) is 6.52. The lowest BCUT2D eigenvalue weighted by atomic mass is 10.1. The van der Waals surface area contributed by atoms with Crippen LogP contribution in [0.3, 0.4) is 0 Å². The van der Waals surface area contributed by atoms with Crippen molar-refractivity contribution >= 4 is 23.2 Å². The fraction of sp³-hybridized carbons (Fsp3) is 0.300. The van der Waals surface area contributed by atoms with E-state index >= 15 is 0 Å². The van der Waals surface area contributed by atoms with Crippen molar-refractivity contribution in [3.8, 4) is 11.1 Å². The first-order chi connectivity index (χ1) is 12.1. The molecule has 1 saturated heterocycles. The van der Waals surface area contributed by atoms with E-state index in [9.17, 15) is 4.79 Å². The van der Waals surface area contributed by atoms with Gasteiger partial charge in [0.05, 0.1) is 5.69 Å². The lowest BCUT2D eigenvalue weighted by Gasteiger charge is -2.26. The van der Waals surface area contributed by atoms with E-state index in [0.717, 1.165) is 48.4 Å². The molecule has 3 aromatic rings. The van der Waals surface area contributed by atoms with Crippen LogP contribution < -0.4 is 0 Å². The van der Waals surface area contributed by atoms with Crippen LogP contribution in [0.1, 0.15) is 35.4 Å². The molecule has 0 aliphatic carbocycles. The summed E-state index contributed by atoms with van der Waals surface area (Å²) in [6.45, 7) is 3.58. The van der Waals surface area contributed by atoms with E-state index in [-0.39, 0.29) is 5.91 Å². The fourth-order valence-corrected chi connectivity index (χ4v) is 3.61. The van der Waals surface area contributed by atoms with Crippen molar-refractivity contribution in [1.29, 1.82) is 0 Å². The number of carbonyl (C=O) groups excluding carboxylic acids is 1. The Hall–Kier alpha value is -2.33. The Bertz CT molecular complexity index is 924. The molecule has 1 amide bonds. The highest BCUT2D eigenvalue weighted by Gasteiger charge is 2.24. The van der Waals surface area contributed by atoms with Gasteiger partial charge in [-0.2, -0.15) is 0 Å². The predicted molar refractivity (Wildman–Crippen MR) is 100 cm³/mol. The summed E-state index contributed by atoms with van der Waals surface area (Å²) < 4.78 is 1.93. The van der Waals surface area contributed by atoms with E-state index in [2.05, 4.69) is 4.98 Å². The summed E-state index contributed by atoms with van der Waals surface area (Å²) in [6, 6.07) is 11.7. The van der Waals surface area contributed by atoms with Gasteiger partial charge >= 0.3 is 0 Å². The number of carbonyl (C=O) groups is 1. The molecule has 25 heavy (non-hydrogen) atoms. The van der Waals surface area contributed by atoms with Gasteiger partial charge in [-0.1, -0.05) is 23.7 Å². The maximum absolute atomic E-state index is 13.0. The molecule has 0 bridgehead atoms. The highest BCUT2D eigenvalue weighted by atomic mass is 35.5. The molecule has 4 nitrogen and oxygen atoms in total. The summed E-state index contributed by atoms with van der Waals surface area (Å²) in [7, 11) is 0. The average Bonchev–Trinajstić information content (AvgIpc) is 2.97. The Morgan fingerprint density at radius 1 is 1.00 bits per heavy atom. The number of aryl methyl sites for hydroxylation is 1. The van der Waals surface area contributed by atoms with Crippen LogP contribution in [-0.2, 0) is 0 Å². The number of halogens is 1. The van der Waals surface area contributed by atoms with Crippen molar-refractivity contribution in [2.45, 2.75) is 26.2 Å². The maximum Gasteiger partial charge on any atom is 0.272 e. The third-order valence-corrected chi connectivity index (χ3v) is 5.07. The molecule has 128 valence electrons. The number of amides is 1. The van der Waals surface area contributed by atoms with E-state index in [1.807, 2.05) is 58.8 Å². The molecular formula is C20H20ClN3O. The van der Waals surface area contributed by atoms with Gasteiger partial charge in [0.25, 0.3) is 5.91 Å². The summed E-state index contributed by atoms with van der Waals surface area (Å²) in [5, 5.41) is 0.712. The Labute approximate surface area is 152 Å². The van der Waals surface area contributed by atoms with Crippen molar-refractivity contribution in [1.82, 2.24) is 14.3 Å². The van der Waals surface area contributed by atoms with E-state index in [0.29, 0.717) is 10.7 Å². The number of fused-ring (bicyclic) bond motifs is 1. The summed E-state index contributed by atoms with van der Waals surface area (Å²) >= 11 is 5.98. The average molecular weight is 354 g/mol. The molecule has 1 aliphatic heterocycles. The number of hydrogen-bond donors (Lipinski definition) is 0. The number of hydrogen-bond acceptors (Lipinski definition) is 2. The van der Waals surface area contributed by atoms with Crippen molar-refractivity contribution in [3.63, 3.8) is 0 Å². The Morgan fingerprint density at radius 3 is 2.40 bits per heavy atom. The van der Waals surface area contributed by atoms with Gasteiger partial charge in [0.2, 0.25) is 0 Å². The molecule has 3 heterocycles. The van der Waals surface area contributed by atoms with Crippen molar-refractivity contribution in [2.75, 3.05) is 13.1 Å². The summed E-state index contributed by atoms with van der Waals surface area (Å²) in [5.41, 5.74) is 4.36. The zero-order valence-electron chi connectivity index (χ0n) is 14.2. The van der Waals surface area contributed by atoms with Gasteiger partial charge < -0.3 is 4.90 Å². The second-order valence-electron chi connectivity index (χ2n) is 6.55. The van der Waals surface area contributed by atoms with Gasteiger partial charge in [-0.05, 0) is 61.6 Å². The van der Waals surface area contributed by atoms with E-state index < -0.39 is 0 Å². The van der Waals surface area contributed by atoms with Crippen LogP contribution >= 0.6 is 11.6 Å². The SMILES string of the molecule is Cc1nc2ccc(-c3ccc(Cl)cc3)cn2c1C(=O)N1CCCCC1. The van der Waals surface area contributed by atoms with Crippen LogP contribution in [0.15, 0.2) is 42.6 Å². The van der Waals surface area contributed by atoms with Gasteiger partial charge in [0.15, 0.2) is 0 Å². The first kappa shape index (κ1) is 16.2. The molecule has 1 aliphatic rings. The summed E-state index contributed by atoms with van der Waals surface area (Å²) in [6.07, 6.45) is 5.36. The largest absolute Gasteiger partial charge is 0.337 e. The number of pyridine rings is 1. The Balaban J connectivity index is 1.78. The van der Waals surface area contributed by atoms with Crippen LogP contribution in [0, 0.1) is 6.92 Å². The quantitative estimate of drug-likeness (QED) is 0.675. The van der Waals surface area contributed by atoms with Crippen molar-refractivity contribution in [3.05, 3.63) is 59.0 Å². The molecular weight excluding hydrogens is 334 g/mol. The standard InChI is InChI=1S/C20H20ClN3O/c1-14-19(20(25)23-11-3-2-4-12-23)24-13-16(7-10-18(24)22-14)15-5-8-17(21)9-6-15/h5-10,13H,2-4,11-12H2,1H3. The molecule has 0 radical (unpaired) electrons. The smallest absolute Gasteiger partial charge is 0.272 e. The Morgan fingerprint density at radius 2 is 1.68 bits per heavy atom. The molecule has 1 aromatic carbocycles. The molecule has 0 spiro atoms. The zero-order chi connectivity index (χ0) is 17.4. The number of nitrogens with zero attached hydrogens (tertiary/aromatic N) is 3. The second-order valence-corrected chi connectivity index (χ2v) is 6.99. The van der Waals surface area contributed by atoms with Crippen LogP contribution in [0.4, 0.5) is 0 Å². The molecule has 0 saturated carbocycles. The minimum absolute atomic E-state index is 0.0814. The lowest BCUT2D eigenvalue weighted by molar-refractivity contribution is 0.0716. The highest BCUT2D eigenvalue weighted by molar-refractivity contribution is 6.30. The normalized spacial score (nSPS) is 14.9. The number of imidazole rings is 1. The zero-order valence-corrected chi connectivity index (χ0v) is 15.0. The van der Waals surface area contributed by atoms with Gasteiger partial charge in [-0.25, -0.2) is 4.98 Å². The van der Waals surface area contributed by atoms with Crippen molar-refractivity contribution < 1.29 is 4.79 Å². The fourth-order valence-electron chi connectivity index (χ4n) is 3.48. The molecule has 2 aromatic heterocycles.